The average Bonchev–Trinajstić information content (AvgIpc) is 3.45. The van der Waals surface area contributed by atoms with Gasteiger partial charge in [0.1, 0.15) is 17.7 Å². The fourth-order valence-corrected chi connectivity index (χ4v) is 7.08. The molecule has 1 aliphatic rings. The van der Waals surface area contributed by atoms with Gasteiger partial charge in [-0.3, -0.25) is 9.59 Å². The van der Waals surface area contributed by atoms with Crippen molar-refractivity contribution in [1.82, 2.24) is 20.3 Å². The summed E-state index contributed by atoms with van der Waals surface area (Å²) in [4.78, 5) is 44.0. The van der Waals surface area contributed by atoms with E-state index in [4.69, 9.17) is 10.5 Å². The smallest absolute Gasteiger partial charge is 0.329 e. The zero-order chi connectivity index (χ0) is 34.0. The number of H-pyrrole nitrogens is 1. The Labute approximate surface area is 277 Å². The van der Waals surface area contributed by atoms with E-state index in [-0.39, 0.29) is 29.1 Å². The SMILES string of the molecule is CC(C)(C)OC(=O)C(CCCCN)NC(=O)C(Cc1c[nH]c2ccccc12)NC(=O)C1CCC(CNS(=O)(=O)c2ccccc2)CC1. The minimum Gasteiger partial charge on any atom is -0.458 e. The number of hydrogen-bond acceptors (Lipinski definition) is 7. The first-order valence-electron chi connectivity index (χ1n) is 16.5. The van der Waals surface area contributed by atoms with Crippen LogP contribution in [0.3, 0.4) is 0 Å². The summed E-state index contributed by atoms with van der Waals surface area (Å²) in [5, 5.41) is 6.82. The van der Waals surface area contributed by atoms with Crippen molar-refractivity contribution in [3.8, 4) is 0 Å². The summed E-state index contributed by atoms with van der Waals surface area (Å²) in [5.74, 6) is -1.44. The number of carbonyl (C=O) groups excluding carboxylic acids is 3. The second-order valence-electron chi connectivity index (χ2n) is 13.4. The molecule has 0 bridgehead atoms. The Kier molecular flexibility index (Phi) is 12.6. The number of esters is 1. The lowest BCUT2D eigenvalue weighted by Crippen LogP contribution is -2.54. The molecule has 256 valence electrons. The van der Waals surface area contributed by atoms with Gasteiger partial charge in [0.25, 0.3) is 0 Å². The maximum absolute atomic E-state index is 13.9. The lowest BCUT2D eigenvalue weighted by atomic mass is 9.81. The van der Waals surface area contributed by atoms with E-state index in [0.717, 1.165) is 16.5 Å². The third-order valence-electron chi connectivity index (χ3n) is 8.52. The molecule has 3 aromatic rings. The van der Waals surface area contributed by atoms with Crippen LogP contribution < -0.4 is 21.1 Å². The monoisotopic (exact) mass is 667 g/mol. The van der Waals surface area contributed by atoms with Crippen LogP contribution in [0.5, 0.6) is 0 Å². The van der Waals surface area contributed by atoms with Gasteiger partial charge in [-0.15, -0.1) is 0 Å². The number of nitrogens with two attached hydrogens (primary N) is 1. The van der Waals surface area contributed by atoms with E-state index in [2.05, 4.69) is 20.3 Å². The molecule has 1 aromatic heterocycles. The molecule has 0 radical (unpaired) electrons. The van der Waals surface area contributed by atoms with Crippen molar-refractivity contribution in [3.05, 3.63) is 66.4 Å². The molecule has 0 aliphatic heterocycles. The zero-order valence-corrected chi connectivity index (χ0v) is 28.4. The fraction of sp³-hybridized carbons (Fsp3) is 0.514. The van der Waals surface area contributed by atoms with E-state index >= 15 is 0 Å². The summed E-state index contributed by atoms with van der Waals surface area (Å²) in [6.07, 6.45) is 6.26. The number of unbranched alkanes of at least 4 members (excludes halogenated alkanes) is 1. The molecule has 11 nitrogen and oxygen atoms in total. The van der Waals surface area contributed by atoms with Crippen LogP contribution in [0, 0.1) is 11.8 Å². The van der Waals surface area contributed by atoms with Gasteiger partial charge in [0.15, 0.2) is 0 Å². The molecule has 47 heavy (non-hydrogen) atoms. The molecule has 1 saturated carbocycles. The lowest BCUT2D eigenvalue weighted by molar-refractivity contribution is -0.159. The van der Waals surface area contributed by atoms with Crippen molar-refractivity contribution in [2.24, 2.45) is 17.6 Å². The maximum Gasteiger partial charge on any atom is 0.329 e. The Hall–Kier alpha value is -3.74. The second kappa shape index (κ2) is 16.4. The van der Waals surface area contributed by atoms with Gasteiger partial charge in [0, 0.05) is 36.0 Å². The van der Waals surface area contributed by atoms with Crippen LogP contribution in [-0.4, -0.2) is 62.0 Å². The van der Waals surface area contributed by atoms with Crippen molar-refractivity contribution >= 4 is 38.7 Å². The van der Waals surface area contributed by atoms with Crippen molar-refractivity contribution in [1.29, 1.82) is 0 Å². The molecule has 4 rings (SSSR count). The Bertz CT molecular complexity index is 1590. The molecule has 12 heteroatoms. The molecule has 1 heterocycles. The molecule has 2 unspecified atom stereocenters. The molecule has 0 spiro atoms. The normalized spacial score (nSPS) is 18.3. The summed E-state index contributed by atoms with van der Waals surface area (Å²) in [6, 6.07) is 14.2. The number of aromatic amines is 1. The molecular weight excluding hydrogens is 618 g/mol. The largest absolute Gasteiger partial charge is 0.458 e. The van der Waals surface area contributed by atoms with Crippen LogP contribution >= 0.6 is 0 Å². The van der Waals surface area contributed by atoms with E-state index in [9.17, 15) is 22.8 Å². The predicted octanol–water partition coefficient (Wildman–Crippen LogP) is 3.94. The van der Waals surface area contributed by atoms with Gasteiger partial charge in [0.2, 0.25) is 21.8 Å². The van der Waals surface area contributed by atoms with Crippen LogP contribution in [0.15, 0.2) is 65.7 Å². The summed E-state index contributed by atoms with van der Waals surface area (Å²) in [7, 11) is -3.61. The van der Waals surface area contributed by atoms with E-state index < -0.39 is 39.6 Å². The van der Waals surface area contributed by atoms with Crippen LogP contribution in [0.2, 0.25) is 0 Å². The number of sulfonamides is 1. The van der Waals surface area contributed by atoms with Gasteiger partial charge >= 0.3 is 5.97 Å². The molecule has 1 aliphatic carbocycles. The molecule has 2 amide bonds. The van der Waals surface area contributed by atoms with Crippen LogP contribution in [0.4, 0.5) is 0 Å². The topological polar surface area (TPSA) is 172 Å². The maximum atomic E-state index is 13.9. The van der Waals surface area contributed by atoms with E-state index in [1.807, 2.05) is 30.5 Å². The average molecular weight is 668 g/mol. The first-order chi connectivity index (χ1) is 22.4. The summed E-state index contributed by atoms with van der Waals surface area (Å²) >= 11 is 0. The van der Waals surface area contributed by atoms with E-state index in [0.29, 0.717) is 58.0 Å². The molecule has 2 aromatic carbocycles. The first kappa shape index (κ1) is 36.1. The second-order valence-corrected chi connectivity index (χ2v) is 15.2. The van der Waals surface area contributed by atoms with Crippen molar-refractivity contribution in [3.63, 3.8) is 0 Å². The fourth-order valence-electron chi connectivity index (χ4n) is 5.95. The van der Waals surface area contributed by atoms with Crippen molar-refractivity contribution < 1.29 is 27.5 Å². The highest BCUT2D eigenvalue weighted by Crippen LogP contribution is 2.29. The predicted molar refractivity (Wildman–Crippen MR) is 182 cm³/mol. The number of rotatable bonds is 15. The highest BCUT2D eigenvalue weighted by Gasteiger charge is 2.33. The highest BCUT2D eigenvalue weighted by atomic mass is 32.2. The standard InChI is InChI=1S/C35H49N5O6S/c1-35(2,3)46-34(43)30(15-9-10-20-36)39-33(42)31(21-26-23-37-29-14-8-7-13-28(26)29)40-32(41)25-18-16-24(17-19-25)22-38-47(44,45)27-11-5-4-6-12-27/h4-8,11-14,23-25,30-31,37-38H,9-10,15-22,36H2,1-3H3,(H,39,42)(H,40,41). The van der Waals surface area contributed by atoms with E-state index in [1.54, 1.807) is 51.1 Å². The third kappa shape index (κ3) is 10.6. The number of hydrogen-bond donors (Lipinski definition) is 5. The molecule has 1 fully saturated rings. The van der Waals surface area contributed by atoms with E-state index in [1.165, 1.54) is 0 Å². The Balaban J connectivity index is 1.43. The summed E-state index contributed by atoms with van der Waals surface area (Å²) in [5.41, 5.74) is 6.73. The molecule has 2 atom stereocenters. The third-order valence-corrected chi connectivity index (χ3v) is 9.96. The van der Waals surface area contributed by atoms with Gasteiger partial charge in [-0.1, -0.05) is 36.4 Å². The number of ether oxygens (including phenoxy) is 1. The molecule has 0 saturated heterocycles. The van der Waals surface area contributed by atoms with Gasteiger partial charge in [-0.2, -0.15) is 0 Å². The number of para-hydroxylation sites is 1. The van der Waals surface area contributed by atoms with Crippen LogP contribution in [0.1, 0.15) is 71.3 Å². The Morgan fingerprint density at radius 1 is 0.936 bits per heavy atom. The van der Waals surface area contributed by atoms with Gasteiger partial charge in [-0.05, 0) is 102 Å². The zero-order valence-electron chi connectivity index (χ0n) is 27.6. The number of aromatic nitrogens is 1. The lowest BCUT2D eigenvalue weighted by Gasteiger charge is -2.30. The van der Waals surface area contributed by atoms with Crippen LogP contribution in [0.25, 0.3) is 10.9 Å². The van der Waals surface area contributed by atoms with Crippen molar-refractivity contribution in [2.75, 3.05) is 13.1 Å². The summed E-state index contributed by atoms with van der Waals surface area (Å²) in [6.45, 7) is 6.09. The number of fused-ring (bicyclic) bond motifs is 1. The molecule has 6 N–H and O–H groups in total. The first-order valence-corrected chi connectivity index (χ1v) is 18.0. The highest BCUT2D eigenvalue weighted by molar-refractivity contribution is 7.89. The van der Waals surface area contributed by atoms with Crippen molar-refractivity contribution in [2.45, 2.75) is 94.7 Å². The Morgan fingerprint density at radius 2 is 1.62 bits per heavy atom. The molecular formula is C35H49N5O6S. The van der Waals surface area contributed by atoms with Gasteiger partial charge in [0.05, 0.1) is 4.90 Å². The minimum absolute atomic E-state index is 0.103. The Morgan fingerprint density at radius 3 is 2.30 bits per heavy atom. The number of nitrogens with one attached hydrogen (secondary N) is 4. The number of benzene rings is 2. The number of carbonyl (C=O) groups is 3. The number of amides is 2. The summed E-state index contributed by atoms with van der Waals surface area (Å²) < 4.78 is 33.6. The van der Waals surface area contributed by atoms with Crippen LogP contribution in [-0.2, 0) is 35.6 Å². The minimum atomic E-state index is -3.61. The van der Waals surface area contributed by atoms with Gasteiger partial charge < -0.3 is 26.1 Å². The van der Waals surface area contributed by atoms with Gasteiger partial charge in [-0.25, -0.2) is 17.9 Å². The quantitative estimate of drug-likeness (QED) is 0.121.